The lowest BCUT2D eigenvalue weighted by Crippen LogP contribution is -2.29. The number of hydrogen-bond donors (Lipinski definition) is 3. The summed E-state index contributed by atoms with van der Waals surface area (Å²) in [6, 6.07) is 25.3. The first kappa shape index (κ1) is 42.7. The van der Waals surface area contributed by atoms with E-state index >= 15 is 0 Å². The highest BCUT2D eigenvalue weighted by Gasteiger charge is 2.33. The molecule has 0 aliphatic heterocycles. The molecule has 0 saturated heterocycles. The molecule has 2 N–H and O–H groups in total. The summed E-state index contributed by atoms with van der Waals surface area (Å²) in [5, 5.41) is 3.56. The van der Waals surface area contributed by atoms with Gasteiger partial charge in [-0.2, -0.15) is 13.2 Å². The number of nitrogens with zero attached hydrogens (tertiary/aromatic N) is 2. The molecular weight excluding hydrogens is 757 g/mol. The number of benzene rings is 4. The lowest BCUT2D eigenvalue weighted by Gasteiger charge is -2.31. The van der Waals surface area contributed by atoms with Gasteiger partial charge in [-0.1, -0.05) is 79.1 Å². The maximum absolute atomic E-state index is 14.4. The fourth-order valence-corrected chi connectivity index (χ4v) is 7.06. The number of rotatable bonds is 8. The van der Waals surface area contributed by atoms with Crippen molar-refractivity contribution < 1.29 is 40.3 Å². The van der Waals surface area contributed by atoms with Crippen molar-refractivity contribution in [2.24, 2.45) is 13.0 Å². The van der Waals surface area contributed by atoms with E-state index in [2.05, 4.69) is 32.6 Å². The first-order valence-corrected chi connectivity index (χ1v) is 19.4. The van der Waals surface area contributed by atoms with Crippen LogP contribution in [0.2, 0.25) is 0 Å². The van der Waals surface area contributed by atoms with Gasteiger partial charge in [-0.15, -0.1) is 0 Å². The number of hydrogen-bond acceptors (Lipinski definition) is 8. The van der Waals surface area contributed by atoms with Gasteiger partial charge in [-0.05, 0) is 91.7 Å². The number of allylic oxidation sites excluding steroid dienone is 1. The van der Waals surface area contributed by atoms with Crippen LogP contribution in [-0.2, 0) is 44.0 Å². The highest BCUT2D eigenvalue weighted by atomic mass is 32.2. The lowest BCUT2D eigenvalue weighted by atomic mass is 9.75. The molecule has 1 aliphatic rings. The Labute approximate surface area is 323 Å². The molecular formula is C40H42F4N4O5S2. The molecule has 0 bridgehead atoms. The van der Waals surface area contributed by atoms with Crippen LogP contribution < -0.4 is 10.0 Å². The number of halogens is 4. The summed E-state index contributed by atoms with van der Waals surface area (Å²) in [6.07, 6.45) is -2.73. The number of ether oxygens (including phenoxy) is 1. The Bertz CT molecular complexity index is 2230. The molecule has 4 aromatic carbocycles. The Morgan fingerprint density at radius 2 is 1.65 bits per heavy atom. The minimum absolute atomic E-state index is 0.138. The van der Waals surface area contributed by atoms with E-state index in [0.29, 0.717) is 43.6 Å². The summed E-state index contributed by atoms with van der Waals surface area (Å²) < 4.78 is 86.3. The molecule has 2 unspecified atom stereocenters. The molecule has 2 atom stereocenters. The van der Waals surface area contributed by atoms with E-state index < -0.39 is 39.2 Å². The van der Waals surface area contributed by atoms with Gasteiger partial charge in [0.05, 0.1) is 22.3 Å². The summed E-state index contributed by atoms with van der Waals surface area (Å²) in [5.74, 6) is -1.80. The third-order valence-corrected chi connectivity index (χ3v) is 9.63. The predicted octanol–water partition coefficient (Wildman–Crippen LogP) is 8.57. The number of amides is 1. The van der Waals surface area contributed by atoms with Gasteiger partial charge < -0.3 is 14.6 Å². The zero-order chi connectivity index (χ0) is 40.3. The van der Waals surface area contributed by atoms with Gasteiger partial charge in [0, 0.05) is 24.6 Å². The van der Waals surface area contributed by atoms with Gasteiger partial charge in [-0.3, -0.25) is 14.3 Å². The highest BCUT2D eigenvalue weighted by Crippen LogP contribution is 2.41. The number of anilines is 1. The largest absolute Gasteiger partial charge is 0.463 e. The standard InChI is InChI=1S/C31H29F4N3O3S.C8H8O2.CH5NS/c1-18-36-28-15-22(8-11-29(28)38(18)2)20-4-6-21(7-5-20)23-12-19(17-42(3,40)41)13-24(14-23)30(39)37-27-10-9-25(16-26(27)32)31(33,34)35;9-7-10-6-8-4-2-1-3-5-8;1-2-3/h4-11,15-17,23-24H,12-14H2,1-3H3,(H,37,39);1-5,7H,6H2;2-3H,1H3/b19-17+;;. The van der Waals surface area contributed by atoms with E-state index in [0.717, 1.165) is 56.8 Å². The van der Waals surface area contributed by atoms with Crippen LogP contribution in [0.4, 0.5) is 23.2 Å². The van der Waals surface area contributed by atoms with E-state index in [4.69, 9.17) is 0 Å². The molecule has 15 heteroatoms. The first-order chi connectivity index (χ1) is 26.0. The Balaban J connectivity index is 0.000000441. The maximum Gasteiger partial charge on any atom is 0.416 e. The van der Waals surface area contributed by atoms with Crippen LogP contribution in [0.25, 0.3) is 22.2 Å². The third kappa shape index (κ3) is 12.3. The second kappa shape index (κ2) is 19.0. The average Bonchev–Trinajstić information content (AvgIpc) is 3.43. The topological polar surface area (TPSA) is 119 Å². The van der Waals surface area contributed by atoms with Crippen molar-refractivity contribution in [1.29, 1.82) is 0 Å². The summed E-state index contributed by atoms with van der Waals surface area (Å²) in [7, 11) is 0.208. The zero-order valence-corrected chi connectivity index (χ0v) is 32.3. The molecule has 5 aromatic rings. The molecule has 6 rings (SSSR count). The number of imidazole rings is 1. The van der Waals surface area contributed by atoms with Gasteiger partial charge in [0.2, 0.25) is 5.91 Å². The fourth-order valence-electron chi connectivity index (χ4n) is 6.26. The van der Waals surface area contributed by atoms with Gasteiger partial charge in [0.15, 0.2) is 9.84 Å². The Morgan fingerprint density at radius 3 is 2.25 bits per heavy atom. The van der Waals surface area contributed by atoms with E-state index in [9.17, 15) is 35.6 Å². The van der Waals surface area contributed by atoms with Crippen LogP contribution in [0.15, 0.2) is 102 Å². The fraction of sp³-hybridized carbons (Fsp3) is 0.275. The average molecular weight is 799 g/mol. The molecule has 1 aliphatic carbocycles. The van der Waals surface area contributed by atoms with Crippen LogP contribution in [0, 0.1) is 18.7 Å². The van der Waals surface area contributed by atoms with Crippen molar-refractivity contribution >= 4 is 51.8 Å². The van der Waals surface area contributed by atoms with Crippen molar-refractivity contribution in [3.63, 3.8) is 0 Å². The van der Waals surface area contributed by atoms with Gasteiger partial charge >= 0.3 is 6.18 Å². The van der Waals surface area contributed by atoms with Gasteiger partial charge in [-0.25, -0.2) is 17.8 Å². The highest BCUT2D eigenvalue weighted by molar-refractivity contribution is 7.93. The molecule has 292 valence electrons. The summed E-state index contributed by atoms with van der Waals surface area (Å²) >= 11 is 3.54. The van der Waals surface area contributed by atoms with E-state index in [1.165, 1.54) is 0 Å². The number of aryl methyl sites for hydroxylation is 2. The number of fused-ring (bicyclic) bond motifs is 1. The van der Waals surface area contributed by atoms with Crippen LogP contribution in [0.1, 0.15) is 47.7 Å². The normalized spacial score (nSPS) is 16.3. The minimum Gasteiger partial charge on any atom is -0.463 e. The SMILES string of the molecule is CNS.Cc1nc2cc(-c3ccc(C4C/C(=C\S(C)(=O)=O)CC(C(=O)Nc5ccc(C(F)(F)F)cc5F)C4)cc3)ccc2n1C.O=COCc1ccccc1. The molecule has 0 spiro atoms. The monoisotopic (exact) mass is 798 g/mol. The number of carbonyl (C=O) groups excluding carboxylic acids is 2. The predicted molar refractivity (Wildman–Crippen MR) is 209 cm³/mol. The van der Waals surface area contributed by atoms with E-state index in [1.807, 2.05) is 91.3 Å². The number of alkyl halides is 3. The quantitative estimate of drug-likeness (QED) is 0.0818. The third-order valence-electron chi connectivity index (χ3n) is 8.87. The van der Waals surface area contributed by atoms with Crippen molar-refractivity contribution in [2.75, 3.05) is 18.6 Å². The smallest absolute Gasteiger partial charge is 0.416 e. The van der Waals surface area contributed by atoms with Crippen LogP contribution in [0.3, 0.4) is 0 Å². The molecule has 1 aromatic heterocycles. The maximum atomic E-state index is 14.4. The Hall–Kier alpha value is -4.99. The number of nitrogens with one attached hydrogen (secondary N) is 2. The van der Waals surface area contributed by atoms with Crippen molar-refractivity contribution in [3.05, 3.63) is 130 Å². The minimum atomic E-state index is -4.72. The summed E-state index contributed by atoms with van der Waals surface area (Å²) in [6.45, 7) is 2.76. The van der Waals surface area contributed by atoms with Crippen molar-refractivity contribution in [2.45, 2.75) is 44.9 Å². The second-order valence-corrected chi connectivity index (χ2v) is 15.3. The molecule has 1 amide bonds. The van der Waals surface area contributed by atoms with Crippen LogP contribution in [0.5, 0.6) is 0 Å². The zero-order valence-electron chi connectivity index (χ0n) is 30.6. The van der Waals surface area contributed by atoms with Crippen molar-refractivity contribution in [3.8, 4) is 11.1 Å². The van der Waals surface area contributed by atoms with E-state index in [-0.39, 0.29) is 18.0 Å². The van der Waals surface area contributed by atoms with Crippen molar-refractivity contribution in [1.82, 2.24) is 14.3 Å². The lowest BCUT2D eigenvalue weighted by molar-refractivity contribution is -0.137. The molecule has 1 heterocycles. The number of sulfone groups is 1. The van der Waals surface area contributed by atoms with Gasteiger partial charge in [0.25, 0.3) is 6.47 Å². The van der Waals surface area contributed by atoms with E-state index in [1.54, 1.807) is 7.05 Å². The number of carbonyl (C=O) groups is 2. The molecule has 1 fully saturated rings. The first-order valence-electron chi connectivity index (χ1n) is 17.0. The van der Waals surface area contributed by atoms with Crippen LogP contribution >= 0.6 is 12.8 Å². The summed E-state index contributed by atoms with van der Waals surface area (Å²) in [4.78, 5) is 27.5. The molecule has 9 nitrogen and oxygen atoms in total. The summed E-state index contributed by atoms with van der Waals surface area (Å²) in [5.41, 5.74) is 4.82. The molecule has 55 heavy (non-hydrogen) atoms. The second-order valence-electron chi connectivity index (χ2n) is 13.0. The van der Waals surface area contributed by atoms with Gasteiger partial charge in [0.1, 0.15) is 18.2 Å². The molecule has 1 saturated carbocycles. The van der Waals surface area contributed by atoms with Crippen LogP contribution in [-0.4, -0.2) is 43.7 Å². The Kier molecular flexibility index (Phi) is 14.8. The Morgan fingerprint density at radius 1 is 1.00 bits per heavy atom. The molecule has 0 radical (unpaired) electrons. The number of thiol groups is 1. The number of aromatic nitrogens is 2.